The minimum atomic E-state index is 0.507. The fraction of sp³-hybridized carbons (Fsp3) is 0.750. The maximum absolute atomic E-state index is 4.63. The van der Waals surface area contributed by atoms with Crippen molar-refractivity contribution in [1.29, 1.82) is 0 Å². The first-order chi connectivity index (χ1) is 8.17. The Morgan fingerprint density at radius 1 is 1.47 bits per heavy atom. The zero-order valence-electron chi connectivity index (χ0n) is 11.1. The van der Waals surface area contributed by atoms with E-state index >= 15 is 0 Å². The number of likely N-dealkylation sites (N-methyl/N-ethyl adjacent to an activating group) is 1. The summed E-state index contributed by atoms with van der Waals surface area (Å²) in [5.41, 5.74) is 2.48. The van der Waals surface area contributed by atoms with Crippen LogP contribution in [0.25, 0.3) is 0 Å². The Kier molecular flexibility index (Phi) is 6.59. The highest BCUT2D eigenvalue weighted by Crippen LogP contribution is 2.24. The number of aromatic nitrogens is 2. The smallest absolute Gasteiger partial charge is 0.0766 e. The summed E-state index contributed by atoms with van der Waals surface area (Å²) in [6, 6.07) is 0.507. The molecule has 1 heterocycles. The average Bonchev–Trinajstić information content (AvgIpc) is 2.65. The van der Waals surface area contributed by atoms with E-state index in [-0.39, 0.29) is 0 Å². The second-order valence-electron chi connectivity index (χ2n) is 4.02. The van der Waals surface area contributed by atoms with Gasteiger partial charge in [-0.05, 0) is 42.6 Å². The molecule has 1 aromatic rings. The number of aryl methyl sites for hydroxylation is 2. The summed E-state index contributed by atoms with van der Waals surface area (Å²) in [6.45, 7) is 5.23. The van der Waals surface area contributed by atoms with Crippen LogP contribution >= 0.6 is 27.7 Å². The molecule has 1 rings (SSSR count). The average molecular weight is 320 g/mol. The van der Waals surface area contributed by atoms with Crippen LogP contribution in [0.3, 0.4) is 0 Å². The Bertz CT molecular complexity index is 352. The predicted octanol–water partition coefficient (Wildman–Crippen LogP) is 2.72. The quantitative estimate of drug-likeness (QED) is 0.838. The first-order valence-corrected chi connectivity index (χ1v) is 8.26. The van der Waals surface area contributed by atoms with E-state index in [0.717, 1.165) is 25.1 Å². The number of halogens is 1. The Morgan fingerprint density at radius 2 is 2.18 bits per heavy atom. The maximum Gasteiger partial charge on any atom is 0.0766 e. The van der Waals surface area contributed by atoms with E-state index in [1.54, 1.807) is 0 Å². The molecule has 0 aliphatic carbocycles. The van der Waals surface area contributed by atoms with Crippen LogP contribution in [0.15, 0.2) is 4.47 Å². The van der Waals surface area contributed by atoms with Crippen molar-refractivity contribution in [2.45, 2.75) is 39.3 Å². The fourth-order valence-corrected chi connectivity index (χ4v) is 3.30. The number of hydrogen-bond donors (Lipinski definition) is 1. The molecule has 0 bridgehead atoms. The summed E-state index contributed by atoms with van der Waals surface area (Å²) in [5.74, 6) is 1.12. The molecular weight excluding hydrogens is 298 g/mol. The second-order valence-corrected chi connectivity index (χ2v) is 5.73. The number of nitrogens with one attached hydrogen (secondary N) is 1. The fourth-order valence-electron chi connectivity index (χ4n) is 1.89. The topological polar surface area (TPSA) is 29.9 Å². The lowest BCUT2D eigenvalue weighted by atomic mass is 10.1. The molecule has 1 N–H and O–H groups in total. The number of nitrogens with zero attached hydrogens (tertiary/aromatic N) is 2. The largest absolute Gasteiger partial charge is 0.316 e. The van der Waals surface area contributed by atoms with Gasteiger partial charge in [0.15, 0.2) is 0 Å². The first-order valence-electron chi connectivity index (χ1n) is 6.08. The van der Waals surface area contributed by atoms with Gasteiger partial charge in [0, 0.05) is 24.8 Å². The molecule has 0 aliphatic heterocycles. The van der Waals surface area contributed by atoms with Crippen molar-refractivity contribution in [1.82, 2.24) is 15.1 Å². The molecule has 1 aromatic heterocycles. The summed E-state index contributed by atoms with van der Waals surface area (Å²) in [6.07, 6.45) is 4.15. The van der Waals surface area contributed by atoms with Gasteiger partial charge in [0.25, 0.3) is 0 Å². The van der Waals surface area contributed by atoms with E-state index < -0.39 is 0 Å². The zero-order valence-corrected chi connectivity index (χ0v) is 13.5. The third kappa shape index (κ3) is 3.73. The van der Waals surface area contributed by atoms with Gasteiger partial charge in [-0.15, -0.1) is 0 Å². The molecule has 0 saturated carbocycles. The van der Waals surface area contributed by atoms with Crippen LogP contribution in [0, 0.1) is 0 Å². The van der Waals surface area contributed by atoms with Gasteiger partial charge in [-0.3, -0.25) is 4.68 Å². The van der Waals surface area contributed by atoms with Gasteiger partial charge in [-0.1, -0.05) is 6.92 Å². The van der Waals surface area contributed by atoms with Crippen LogP contribution in [-0.4, -0.2) is 34.9 Å². The van der Waals surface area contributed by atoms with Gasteiger partial charge < -0.3 is 5.32 Å². The second kappa shape index (κ2) is 7.44. The molecule has 0 amide bonds. The third-order valence-electron chi connectivity index (χ3n) is 2.91. The van der Waals surface area contributed by atoms with Crippen LogP contribution in [0.4, 0.5) is 0 Å². The molecule has 0 fully saturated rings. The van der Waals surface area contributed by atoms with Gasteiger partial charge in [0.1, 0.15) is 0 Å². The highest BCUT2D eigenvalue weighted by molar-refractivity contribution is 9.10. The molecule has 0 radical (unpaired) electrons. The third-order valence-corrected chi connectivity index (χ3v) is 4.56. The molecule has 0 spiro atoms. The predicted molar refractivity (Wildman–Crippen MR) is 79.9 cm³/mol. The Balaban J connectivity index is 2.91. The monoisotopic (exact) mass is 319 g/mol. The molecule has 0 aliphatic rings. The van der Waals surface area contributed by atoms with E-state index in [2.05, 4.69) is 51.1 Å². The molecule has 1 atom stereocenters. The van der Waals surface area contributed by atoms with E-state index in [4.69, 9.17) is 0 Å². The molecule has 1 unspecified atom stereocenters. The Morgan fingerprint density at radius 3 is 2.65 bits per heavy atom. The lowest BCUT2D eigenvalue weighted by Gasteiger charge is -2.15. The normalized spacial score (nSPS) is 13.0. The minimum Gasteiger partial charge on any atom is -0.316 e. The van der Waals surface area contributed by atoms with Crippen molar-refractivity contribution in [3.63, 3.8) is 0 Å². The van der Waals surface area contributed by atoms with E-state index in [0.29, 0.717) is 6.04 Å². The van der Waals surface area contributed by atoms with Crippen LogP contribution in [0.5, 0.6) is 0 Å². The lowest BCUT2D eigenvalue weighted by Crippen LogP contribution is -2.31. The van der Waals surface area contributed by atoms with E-state index in [9.17, 15) is 0 Å². The van der Waals surface area contributed by atoms with Gasteiger partial charge in [0.05, 0.1) is 15.9 Å². The van der Waals surface area contributed by atoms with Crippen molar-refractivity contribution < 1.29 is 0 Å². The van der Waals surface area contributed by atoms with Crippen LogP contribution in [0.2, 0.25) is 0 Å². The minimum absolute atomic E-state index is 0.507. The van der Waals surface area contributed by atoms with Crippen LogP contribution in [0.1, 0.15) is 25.2 Å². The lowest BCUT2D eigenvalue weighted by molar-refractivity contribution is 0.554. The van der Waals surface area contributed by atoms with E-state index in [1.807, 2.05) is 18.8 Å². The molecular formula is C12H22BrN3S. The van der Waals surface area contributed by atoms with E-state index in [1.165, 1.54) is 15.9 Å². The van der Waals surface area contributed by atoms with Gasteiger partial charge in [0.2, 0.25) is 0 Å². The molecule has 0 aromatic carbocycles. The Hall–Kier alpha value is -0.0000000000000000555. The number of rotatable bonds is 7. The van der Waals surface area contributed by atoms with Crippen LogP contribution in [-0.2, 0) is 19.4 Å². The molecule has 17 heavy (non-hydrogen) atoms. The van der Waals surface area contributed by atoms with Crippen LogP contribution < -0.4 is 5.32 Å². The summed E-state index contributed by atoms with van der Waals surface area (Å²) in [5, 5.41) is 8.00. The van der Waals surface area contributed by atoms with Crippen molar-refractivity contribution in [3.8, 4) is 0 Å². The van der Waals surface area contributed by atoms with Gasteiger partial charge in [-0.25, -0.2) is 0 Å². The maximum atomic E-state index is 4.63. The van der Waals surface area contributed by atoms with Gasteiger partial charge >= 0.3 is 0 Å². The molecule has 0 saturated heterocycles. The molecule has 5 heteroatoms. The van der Waals surface area contributed by atoms with Crippen molar-refractivity contribution in [3.05, 3.63) is 15.9 Å². The van der Waals surface area contributed by atoms with Crippen molar-refractivity contribution in [2.75, 3.05) is 19.1 Å². The van der Waals surface area contributed by atoms with Crippen molar-refractivity contribution in [2.24, 2.45) is 0 Å². The summed E-state index contributed by atoms with van der Waals surface area (Å²) >= 11 is 5.57. The number of thioether (sulfide) groups is 1. The number of hydrogen-bond acceptors (Lipinski definition) is 3. The Labute approximate surface area is 117 Å². The first kappa shape index (κ1) is 15.1. The summed E-state index contributed by atoms with van der Waals surface area (Å²) in [4.78, 5) is 0. The van der Waals surface area contributed by atoms with Gasteiger partial charge in [-0.2, -0.15) is 16.9 Å². The SMILES string of the molecule is CCc1nn(CC)c(CC(CSC)NC)c1Br. The highest BCUT2D eigenvalue weighted by atomic mass is 79.9. The standard InChI is InChI=1S/C12H22BrN3S/c1-5-10-12(13)11(16(6-2)15-10)7-9(14-3)8-17-4/h9,14H,5-8H2,1-4H3. The summed E-state index contributed by atoms with van der Waals surface area (Å²) in [7, 11) is 2.03. The molecule has 3 nitrogen and oxygen atoms in total. The highest BCUT2D eigenvalue weighted by Gasteiger charge is 2.17. The molecule has 98 valence electrons. The van der Waals surface area contributed by atoms with Crippen molar-refractivity contribution >= 4 is 27.7 Å². The zero-order chi connectivity index (χ0) is 12.8. The summed E-state index contributed by atoms with van der Waals surface area (Å²) < 4.78 is 3.32.